The van der Waals surface area contributed by atoms with E-state index in [1.165, 1.54) is 24.0 Å². The summed E-state index contributed by atoms with van der Waals surface area (Å²) < 4.78 is 51.1. The molecule has 0 aliphatic carbocycles. The first-order valence-electron chi connectivity index (χ1n) is 7.21. The second-order valence-corrected chi connectivity index (χ2v) is 5.57. The minimum atomic E-state index is -4.63. The molecule has 1 N–H and O–H groups in total. The predicted molar refractivity (Wildman–Crippen MR) is 77.1 cm³/mol. The van der Waals surface area contributed by atoms with Crippen molar-refractivity contribution in [3.8, 4) is 0 Å². The van der Waals surface area contributed by atoms with Crippen LogP contribution in [0.25, 0.3) is 0 Å². The molecule has 0 aromatic heterocycles. The molecule has 2 rings (SSSR count). The lowest BCUT2D eigenvalue weighted by Gasteiger charge is -2.37. The first kappa shape index (κ1) is 17.7. The summed E-state index contributed by atoms with van der Waals surface area (Å²) in [6.45, 7) is 2.15. The standard InChI is InChI=1S/C15H18F4N2O2/c1-10(22)11-2-3-13(12(16)8-11)21-6-4-20(5-7-21)9-14(23)15(17,18)19/h2-3,8,14,23H,4-7,9H2,1H3/t14-/m0/s1. The van der Waals surface area contributed by atoms with Gasteiger partial charge in [0.05, 0.1) is 5.69 Å². The van der Waals surface area contributed by atoms with Gasteiger partial charge in [-0.15, -0.1) is 0 Å². The number of aliphatic hydroxyl groups is 1. The SMILES string of the molecule is CC(=O)c1ccc(N2CCN(C[C@H](O)C(F)(F)F)CC2)c(F)c1. The summed E-state index contributed by atoms with van der Waals surface area (Å²) in [5.74, 6) is -0.761. The van der Waals surface area contributed by atoms with E-state index in [0.29, 0.717) is 31.9 Å². The van der Waals surface area contributed by atoms with Crippen LogP contribution in [-0.2, 0) is 0 Å². The number of benzene rings is 1. The molecule has 1 aliphatic heterocycles. The number of rotatable bonds is 4. The van der Waals surface area contributed by atoms with Gasteiger partial charge in [-0.2, -0.15) is 13.2 Å². The molecule has 0 amide bonds. The highest BCUT2D eigenvalue weighted by Gasteiger charge is 2.39. The zero-order valence-electron chi connectivity index (χ0n) is 12.6. The number of piperazine rings is 1. The highest BCUT2D eigenvalue weighted by molar-refractivity contribution is 5.94. The van der Waals surface area contributed by atoms with Gasteiger partial charge in [0.25, 0.3) is 0 Å². The van der Waals surface area contributed by atoms with Crippen LogP contribution in [0.1, 0.15) is 17.3 Å². The molecule has 1 atom stereocenters. The van der Waals surface area contributed by atoms with Crippen molar-refractivity contribution in [3.63, 3.8) is 0 Å². The fourth-order valence-corrected chi connectivity index (χ4v) is 2.50. The third kappa shape index (κ3) is 4.42. The van der Waals surface area contributed by atoms with Crippen LogP contribution in [0.2, 0.25) is 0 Å². The molecule has 8 heteroatoms. The smallest absolute Gasteiger partial charge is 0.382 e. The second kappa shape index (κ2) is 6.84. The summed E-state index contributed by atoms with van der Waals surface area (Å²) in [6, 6.07) is 4.20. The molecule has 0 spiro atoms. The maximum absolute atomic E-state index is 14.1. The van der Waals surface area contributed by atoms with Crippen molar-refractivity contribution in [1.82, 2.24) is 4.90 Å². The summed E-state index contributed by atoms with van der Waals surface area (Å²) in [5, 5.41) is 9.08. The Balaban J connectivity index is 1.96. The third-order valence-corrected chi connectivity index (χ3v) is 3.88. The zero-order chi connectivity index (χ0) is 17.2. The highest BCUT2D eigenvalue weighted by atomic mass is 19.4. The second-order valence-electron chi connectivity index (χ2n) is 5.57. The number of halogens is 4. The van der Waals surface area contributed by atoms with E-state index in [0.717, 1.165) is 6.07 Å². The van der Waals surface area contributed by atoms with Crippen LogP contribution in [0.5, 0.6) is 0 Å². The van der Waals surface area contributed by atoms with Crippen molar-refractivity contribution < 1.29 is 27.5 Å². The Labute approximate surface area is 131 Å². The molecule has 0 unspecified atom stereocenters. The summed E-state index contributed by atoms with van der Waals surface area (Å²) in [5.41, 5.74) is 0.601. The number of hydrogen-bond donors (Lipinski definition) is 1. The predicted octanol–water partition coefficient (Wildman–Crippen LogP) is 2.07. The summed E-state index contributed by atoms with van der Waals surface area (Å²) in [7, 11) is 0. The maximum atomic E-state index is 14.1. The van der Waals surface area contributed by atoms with E-state index in [4.69, 9.17) is 5.11 Å². The Morgan fingerprint density at radius 3 is 2.35 bits per heavy atom. The van der Waals surface area contributed by atoms with Crippen LogP contribution in [0.15, 0.2) is 18.2 Å². The van der Waals surface area contributed by atoms with Crippen LogP contribution in [-0.4, -0.2) is 60.8 Å². The molecule has 0 bridgehead atoms. The third-order valence-electron chi connectivity index (χ3n) is 3.88. The van der Waals surface area contributed by atoms with Gasteiger partial charge in [-0.1, -0.05) is 0 Å². The van der Waals surface area contributed by atoms with Crippen molar-refractivity contribution >= 4 is 11.5 Å². The number of nitrogens with zero attached hydrogens (tertiary/aromatic N) is 2. The van der Waals surface area contributed by atoms with Crippen LogP contribution in [0.4, 0.5) is 23.2 Å². The van der Waals surface area contributed by atoms with E-state index < -0.39 is 24.6 Å². The van der Waals surface area contributed by atoms with Crippen molar-refractivity contribution in [1.29, 1.82) is 0 Å². The molecule has 23 heavy (non-hydrogen) atoms. The van der Waals surface area contributed by atoms with Gasteiger partial charge >= 0.3 is 6.18 Å². The van der Waals surface area contributed by atoms with Gasteiger partial charge in [0.15, 0.2) is 11.9 Å². The molecule has 0 saturated carbocycles. The molecule has 4 nitrogen and oxygen atoms in total. The van der Waals surface area contributed by atoms with Crippen molar-refractivity contribution in [2.24, 2.45) is 0 Å². The van der Waals surface area contributed by atoms with E-state index in [2.05, 4.69) is 0 Å². The van der Waals surface area contributed by atoms with E-state index in [9.17, 15) is 22.4 Å². The van der Waals surface area contributed by atoms with Gasteiger partial charge < -0.3 is 10.0 Å². The lowest BCUT2D eigenvalue weighted by Crippen LogP contribution is -2.51. The Morgan fingerprint density at radius 1 is 1.26 bits per heavy atom. The largest absolute Gasteiger partial charge is 0.415 e. The average molecular weight is 334 g/mol. The normalized spacial score (nSPS) is 18.1. The molecular formula is C15H18F4N2O2. The minimum Gasteiger partial charge on any atom is -0.382 e. The number of ketones is 1. The fraction of sp³-hybridized carbons (Fsp3) is 0.533. The van der Waals surface area contributed by atoms with Crippen molar-refractivity contribution in [2.45, 2.75) is 19.2 Å². The number of alkyl halides is 3. The van der Waals surface area contributed by atoms with E-state index in [-0.39, 0.29) is 11.3 Å². The summed E-state index contributed by atoms with van der Waals surface area (Å²) in [4.78, 5) is 14.4. The first-order valence-corrected chi connectivity index (χ1v) is 7.21. The van der Waals surface area contributed by atoms with Crippen molar-refractivity contribution in [2.75, 3.05) is 37.6 Å². The number of anilines is 1. The van der Waals surface area contributed by atoms with Crippen molar-refractivity contribution in [3.05, 3.63) is 29.6 Å². The molecule has 1 saturated heterocycles. The van der Waals surface area contributed by atoms with Gasteiger partial charge in [0.1, 0.15) is 5.82 Å². The molecule has 1 aromatic carbocycles. The van der Waals surface area contributed by atoms with Crippen LogP contribution >= 0.6 is 0 Å². The zero-order valence-corrected chi connectivity index (χ0v) is 12.6. The lowest BCUT2D eigenvalue weighted by molar-refractivity contribution is -0.208. The number of carbonyl (C=O) groups excluding carboxylic acids is 1. The average Bonchev–Trinajstić information content (AvgIpc) is 2.47. The number of β-amino-alcohol motifs (C(OH)–C–C–N with tert-alkyl or cyclic N) is 1. The topological polar surface area (TPSA) is 43.8 Å². The van der Waals surface area contributed by atoms with Gasteiger partial charge in [-0.3, -0.25) is 9.69 Å². The minimum absolute atomic E-state index is 0.235. The molecule has 0 radical (unpaired) electrons. The summed E-state index contributed by atoms with van der Waals surface area (Å²) >= 11 is 0. The Kier molecular flexibility index (Phi) is 5.26. The molecule has 1 heterocycles. The molecule has 128 valence electrons. The number of carbonyl (C=O) groups is 1. The van der Waals surface area contributed by atoms with E-state index in [1.54, 1.807) is 4.90 Å². The first-order chi connectivity index (χ1) is 10.7. The Morgan fingerprint density at radius 2 is 1.87 bits per heavy atom. The van der Waals surface area contributed by atoms with Gasteiger partial charge in [-0.05, 0) is 25.1 Å². The molecular weight excluding hydrogens is 316 g/mol. The Hall–Kier alpha value is -1.67. The molecule has 1 aliphatic rings. The maximum Gasteiger partial charge on any atom is 0.415 e. The van der Waals surface area contributed by atoms with E-state index >= 15 is 0 Å². The molecule has 1 aromatic rings. The van der Waals surface area contributed by atoms with E-state index in [1.807, 2.05) is 0 Å². The fourth-order valence-electron chi connectivity index (χ4n) is 2.50. The van der Waals surface area contributed by atoms with Crippen LogP contribution in [0.3, 0.4) is 0 Å². The number of Topliss-reactive ketones (excluding diaryl/α,β-unsaturated/α-hetero) is 1. The highest BCUT2D eigenvalue weighted by Crippen LogP contribution is 2.24. The number of hydrogen-bond acceptors (Lipinski definition) is 4. The van der Waals surface area contributed by atoms with Gasteiger partial charge in [0.2, 0.25) is 0 Å². The Bertz CT molecular complexity index is 569. The number of aliphatic hydroxyl groups excluding tert-OH is 1. The quantitative estimate of drug-likeness (QED) is 0.676. The van der Waals surface area contributed by atoms with Gasteiger partial charge in [0, 0.05) is 38.3 Å². The van der Waals surface area contributed by atoms with Crippen LogP contribution in [0, 0.1) is 5.82 Å². The van der Waals surface area contributed by atoms with Crippen LogP contribution < -0.4 is 4.90 Å². The monoisotopic (exact) mass is 334 g/mol. The summed E-state index contributed by atoms with van der Waals surface area (Å²) in [6.07, 6.45) is -7.01. The van der Waals surface area contributed by atoms with Gasteiger partial charge in [-0.25, -0.2) is 4.39 Å². The lowest BCUT2D eigenvalue weighted by atomic mass is 10.1. The molecule has 1 fully saturated rings.